The van der Waals surface area contributed by atoms with Crippen LogP contribution in [0, 0.1) is 0 Å². The minimum atomic E-state index is 0.696. The molecule has 0 saturated heterocycles. The Morgan fingerprint density at radius 1 is 1.47 bits per heavy atom. The van der Waals surface area contributed by atoms with Crippen molar-refractivity contribution in [2.24, 2.45) is 0 Å². The average molecular weight is 293 g/mol. The van der Waals surface area contributed by atoms with E-state index in [1.807, 2.05) is 12.1 Å². The standard InChI is InChI=1S/C11H15BrClNO/c1-3-4-5-14-10-7-8(13)6-9(12)11(10)15-2/h6-7,14H,3-5H2,1-2H3. The van der Waals surface area contributed by atoms with Crippen LogP contribution in [0.1, 0.15) is 19.8 Å². The Labute approximate surface area is 104 Å². The number of nitrogens with one attached hydrogen (secondary N) is 1. The van der Waals surface area contributed by atoms with E-state index >= 15 is 0 Å². The molecule has 0 saturated carbocycles. The number of ether oxygens (including phenoxy) is 1. The van der Waals surface area contributed by atoms with Gasteiger partial charge in [0.2, 0.25) is 0 Å². The van der Waals surface area contributed by atoms with E-state index in [4.69, 9.17) is 16.3 Å². The van der Waals surface area contributed by atoms with Gasteiger partial charge >= 0.3 is 0 Å². The van der Waals surface area contributed by atoms with E-state index in [9.17, 15) is 0 Å². The summed E-state index contributed by atoms with van der Waals surface area (Å²) < 4.78 is 6.17. The van der Waals surface area contributed by atoms with Gasteiger partial charge in [0.25, 0.3) is 0 Å². The van der Waals surface area contributed by atoms with Gasteiger partial charge in [-0.2, -0.15) is 0 Å². The Bertz CT molecular complexity index is 331. The molecule has 0 aliphatic rings. The Hall–Kier alpha value is -0.410. The van der Waals surface area contributed by atoms with Crippen LogP contribution in [0.2, 0.25) is 5.02 Å². The second kappa shape index (κ2) is 6.23. The van der Waals surface area contributed by atoms with Crippen LogP contribution >= 0.6 is 27.5 Å². The smallest absolute Gasteiger partial charge is 0.156 e. The molecule has 0 bridgehead atoms. The maximum atomic E-state index is 5.97. The molecule has 0 amide bonds. The van der Waals surface area contributed by atoms with E-state index in [0.717, 1.165) is 35.3 Å². The van der Waals surface area contributed by atoms with E-state index in [0.29, 0.717) is 5.02 Å². The molecule has 1 aromatic rings. The van der Waals surface area contributed by atoms with Crippen LogP contribution in [0.15, 0.2) is 16.6 Å². The summed E-state index contributed by atoms with van der Waals surface area (Å²) in [6.45, 7) is 3.09. The zero-order chi connectivity index (χ0) is 11.3. The Balaban J connectivity index is 2.84. The first-order chi connectivity index (χ1) is 7.19. The number of hydrogen-bond donors (Lipinski definition) is 1. The van der Waals surface area contributed by atoms with Crippen molar-refractivity contribution in [1.82, 2.24) is 0 Å². The van der Waals surface area contributed by atoms with Crippen molar-refractivity contribution < 1.29 is 4.74 Å². The summed E-state index contributed by atoms with van der Waals surface area (Å²) >= 11 is 9.38. The predicted octanol–water partition coefficient (Wildman–Crippen LogP) is 4.32. The molecular weight excluding hydrogens is 277 g/mol. The van der Waals surface area contributed by atoms with Gasteiger partial charge in [-0.05, 0) is 34.5 Å². The maximum Gasteiger partial charge on any atom is 0.156 e. The highest BCUT2D eigenvalue weighted by Gasteiger charge is 2.08. The maximum absolute atomic E-state index is 5.97. The summed E-state index contributed by atoms with van der Waals surface area (Å²) in [6, 6.07) is 3.70. The first kappa shape index (κ1) is 12.7. The fourth-order valence-electron chi connectivity index (χ4n) is 1.30. The van der Waals surface area contributed by atoms with Crippen molar-refractivity contribution in [1.29, 1.82) is 0 Å². The van der Waals surface area contributed by atoms with Gasteiger partial charge in [-0.15, -0.1) is 0 Å². The van der Waals surface area contributed by atoms with E-state index in [1.54, 1.807) is 7.11 Å². The van der Waals surface area contributed by atoms with Crippen molar-refractivity contribution in [3.63, 3.8) is 0 Å². The van der Waals surface area contributed by atoms with E-state index in [1.165, 1.54) is 0 Å². The normalized spacial score (nSPS) is 10.1. The monoisotopic (exact) mass is 291 g/mol. The lowest BCUT2D eigenvalue weighted by atomic mass is 10.2. The molecule has 2 nitrogen and oxygen atoms in total. The molecule has 1 rings (SSSR count). The van der Waals surface area contributed by atoms with Crippen LogP contribution in [0.3, 0.4) is 0 Å². The Morgan fingerprint density at radius 2 is 2.20 bits per heavy atom. The lowest BCUT2D eigenvalue weighted by Crippen LogP contribution is -2.03. The van der Waals surface area contributed by atoms with Crippen LogP contribution in [0.4, 0.5) is 5.69 Å². The molecule has 0 aliphatic carbocycles. The molecule has 0 unspecified atom stereocenters. The van der Waals surface area contributed by atoms with Crippen molar-refractivity contribution in [3.8, 4) is 5.75 Å². The van der Waals surface area contributed by atoms with Gasteiger partial charge in [-0.1, -0.05) is 24.9 Å². The van der Waals surface area contributed by atoms with Crippen molar-refractivity contribution in [3.05, 3.63) is 21.6 Å². The van der Waals surface area contributed by atoms with Gasteiger partial charge in [-0.25, -0.2) is 0 Å². The second-order valence-electron chi connectivity index (χ2n) is 3.25. The average Bonchev–Trinajstić information content (AvgIpc) is 2.17. The molecule has 0 radical (unpaired) electrons. The summed E-state index contributed by atoms with van der Waals surface area (Å²) in [7, 11) is 1.65. The van der Waals surface area contributed by atoms with E-state index in [-0.39, 0.29) is 0 Å². The molecule has 0 aliphatic heterocycles. The highest BCUT2D eigenvalue weighted by atomic mass is 79.9. The predicted molar refractivity (Wildman–Crippen MR) is 69.1 cm³/mol. The van der Waals surface area contributed by atoms with Crippen molar-refractivity contribution in [2.45, 2.75) is 19.8 Å². The Kier molecular flexibility index (Phi) is 5.26. The third kappa shape index (κ3) is 3.58. The zero-order valence-electron chi connectivity index (χ0n) is 8.94. The van der Waals surface area contributed by atoms with E-state index < -0.39 is 0 Å². The quantitative estimate of drug-likeness (QED) is 0.816. The highest BCUT2D eigenvalue weighted by Crippen LogP contribution is 2.36. The van der Waals surface area contributed by atoms with Gasteiger partial charge in [0, 0.05) is 11.6 Å². The molecule has 15 heavy (non-hydrogen) atoms. The summed E-state index contributed by atoms with van der Waals surface area (Å²) in [5.41, 5.74) is 0.935. The van der Waals surface area contributed by atoms with Gasteiger partial charge in [0.05, 0.1) is 17.3 Å². The van der Waals surface area contributed by atoms with Crippen LogP contribution < -0.4 is 10.1 Å². The topological polar surface area (TPSA) is 21.3 Å². The van der Waals surface area contributed by atoms with Gasteiger partial charge in [-0.3, -0.25) is 0 Å². The van der Waals surface area contributed by atoms with Crippen LogP contribution in [-0.4, -0.2) is 13.7 Å². The third-order valence-electron chi connectivity index (χ3n) is 2.06. The highest BCUT2D eigenvalue weighted by molar-refractivity contribution is 9.10. The number of benzene rings is 1. The number of hydrogen-bond acceptors (Lipinski definition) is 2. The van der Waals surface area contributed by atoms with Gasteiger partial charge in [0.15, 0.2) is 5.75 Å². The minimum Gasteiger partial charge on any atom is -0.493 e. The SMILES string of the molecule is CCCCNc1cc(Cl)cc(Br)c1OC. The first-order valence-corrected chi connectivity index (χ1v) is 6.13. The summed E-state index contributed by atoms with van der Waals surface area (Å²) in [4.78, 5) is 0. The third-order valence-corrected chi connectivity index (χ3v) is 2.87. The van der Waals surface area contributed by atoms with Gasteiger partial charge in [0.1, 0.15) is 0 Å². The number of rotatable bonds is 5. The lowest BCUT2D eigenvalue weighted by Gasteiger charge is -2.12. The first-order valence-electron chi connectivity index (χ1n) is 4.96. The number of anilines is 1. The van der Waals surface area contributed by atoms with Crippen molar-refractivity contribution in [2.75, 3.05) is 19.0 Å². The van der Waals surface area contributed by atoms with Crippen LogP contribution in [0.25, 0.3) is 0 Å². The fraction of sp³-hybridized carbons (Fsp3) is 0.455. The summed E-state index contributed by atoms with van der Waals surface area (Å²) in [6.07, 6.45) is 2.30. The van der Waals surface area contributed by atoms with E-state index in [2.05, 4.69) is 28.2 Å². The molecule has 0 atom stereocenters. The zero-order valence-corrected chi connectivity index (χ0v) is 11.3. The van der Waals surface area contributed by atoms with Crippen LogP contribution in [0.5, 0.6) is 5.75 Å². The molecule has 0 fully saturated rings. The molecule has 0 heterocycles. The molecule has 0 spiro atoms. The fourth-order valence-corrected chi connectivity index (χ4v) is 2.27. The lowest BCUT2D eigenvalue weighted by molar-refractivity contribution is 0.414. The van der Waals surface area contributed by atoms with Crippen LogP contribution in [-0.2, 0) is 0 Å². The van der Waals surface area contributed by atoms with Crippen molar-refractivity contribution >= 4 is 33.2 Å². The molecule has 0 aromatic heterocycles. The second-order valence-corrected chi connectivity index (χ2v) is 4.54. The molecular formula is C11H15BrClNO. The number of methoxy groups -OCH3 is 1. The largest absolute Gasteiger partial charge is 0.493 e. The number of halogens is 2. The number of unbranched alkanes of at least 4 members (excludes halogenated alkanes) is 1. The van der Waals surface area contributed by atoms with Gasteiger partial charge < -0.3 is 10.1 Å². The summed E-state index contributed by atoms with van der Waals surface area (Å²) in [5, 5.41) is 4.00. The minimum absolute atomic E-state index is 0.696. The Morgan fingerprint density at radius 3 is 2.80 bits per heavy atom. The molecule has 1 N–H and O–H groups in total. The molecule has 4 heteroatoms. The molecule has 84 valence electrons. The summed E-state index contributed by atoms with van der Waals surface area (Å²) in [5.74, 6) is 0.801. The molecule has 1 aromatic carbocycles.